The second kappa shape index (κ2) is 37.8. The van der Waals surface area contributed by atoms with Crippen LogP contribution in [0.1, 0.15) is 187 Å². The predicted octanol–water partition coefficient (Wildman–Crippen LogP) is 12.3. The van der Waals surface area contributed by atoms with Gasteiger partial charge in [-0.25, -0.2) is 4.57 Å². The maximum absolute atomic E-state index is 12.4. The molecule has 8 nitrogen and oxygen atoms in total. The normalized spacial score (nSPS) is 12.9. The molecule has 296 valence electrons. The number of hydrogen-bond acceptors (Lipinski definition) is 6. The van der Waals surface area contributed by atoms with Gasteiger partial charge in [-0.1, -0.05) is 152 Å². The average Bonchev–Trinajstić information content (AvgIpc) is 3.10. The van der Waals surface area contributed by atoms with Crippen molar-refractivity contribution < 1.29 is 37.9 Å². The second-order valence-corrected chi connectivity index (χ2v) is 14.8. The van der Waals surface area contributed by atoms with Crippen LogP contribution in [-0.2, 0) is 28.2 Å². The van der Waals surface area contributed by atoms with E-state index in [0.29, 0.717) is 6.42 Å². The smallest absolute Gasteiger partial charge is 0.462 e. The predicted molar refractivity (Wildman–Crippen MR) is 211 cm³/mol. The van der Waals surface area contributed by atoms with Gasteiger partial charge in [0.1, 0.15) is 6.61 Å². The van der Waals surface area contributed by atoms with Crippen LogP contribution in [-0.4, -0.2) is 41.0 Å². The first kappa shape index (κ1) is 49.0. The molecule has 0 rings (SSSR count). The standard InChI is InChI=1S/C42H75O8P/c1-3-5-7-9-11-13-15-17-19-20-21-22-23-25-26-28-30-32-34-36-41(43)48-38-40(39-49-51(45,46)47)50-42(44)37-35-33-31-29-27-24-18-16-14-12-10-8-6-4-2/h10-13,16-19,40H,3-9,14-15,20-39H2,1-2H3,(H2,45,46,47)/b12-10-,13-11-,18-16-,19-17-/t40-/m1/s1. The molecule has 9 heteroatoms. The van der Waals surface area contributed by atoms with Crippen molar-refractivity contribution in [3.05, 3.63) is 48.6 Å². The fraction of sp³-hybridized carbons (Fsp3) is 0.762. The van der Waals surface area contributed by atoms with Gasteiger partial charge in [0.25, 0.3) is 0 Å². The highest BCUT2D eigenvalue weighted by Crippen LogP contribution is 2.36. The van der Waals surface area contributed by atoms with Crippen molar-refractivity contribution in [2.45, 2.75) is 193 Å². The molecule has 0 aromatic heterocycles. The van der Waals surface area contributed by atoms with E-state index < -0.39 is 32.5 Å². The SMILES string of the molecule is CCCC/C=C\C/C=C\CCCCCCCC(=O)O[C@H](COC(=O)CCCCCCCCCCC/C=C\C/C=C\CCCCC)COP(=O)(O)O. The van der Waals surface area contributed by atoms with E-state index in [0.717, 1.165) is 83.5 Å². The molecular formula is C42H75O8P. The van der Waals surface area contributed by atoms with Crippen LogP contribution in [0.15, 0.2) is 48.6 Å². The molecule has 0 aromatic rings. The molecule has 0 saturated heterocycles. The van der Waals surface area contributed by atoms with Gasteiger partial charge in [-0.15, -0.1) is 0 Å². The van der Waals surface area contributed by atoms with Gasteiger partial charge in [-0.2, -0.15) is 0 Å². The molecule has 0 saturated carbocycles. The van der Waals surface area contributed by atoms with E-state index in [1.54, 1.807) is 0 Å². The van der Waals surface area contributed by atoms with Crippen molar-refractivity contribution in [2.24, 2.45) is 0 Å². The van der Waals surface area contributed by atoms with Crippen molar-refractivity contribution >= 4 is 19.8 Å². The van der Waals surface area contributed by atoms with Crippen molar-refractivity contribution in [3.63, 3.8) is 0 Å². The molecule has 0 fully saturated rings. The number of phosphoric ester groups is 1. The molecule has 1 atom stereocenters. The lowest BCUT2D eigenvalue weighted by Crippen LogP contribution is -2.29. The average molecular weight is 739 g/mol. The Morgan fingerprint density at radius 3 is 1.35 bits per heavy atom. The highest BCUT2D eigenvalue weighted by molar-refractivity contribution is 7.46. The van der Waals surface area contributed by atoms with E-state index in [1.165, 1.54) is 70.6 Å². The fourth-order valence-electron chi connectivity index (χ4n) is 5.48. The summed E-state index contributed by atoms with van der Waals surface area (Å²) in [5.41, 5.74) is 0. The molecule has 0 amide bonds. The van der Waals surface area contributed by atoms with E-state index >= 15 is 0 Å². The number of carbonyl (C=O) groups is 2. The van der Waals surface area contributed by atoms with Crippen LogP contribution in [0.2, 0.25) is 0 Å². The number of ether oxygens (including phenoxy) is 2. The summed E-state index contributed by atoms with van der Waals surface area (Å²) in [5, 5.41) is 0. The highest BCUT2D eigenvalue weighted by atomic mass is 31.2. The molecule has 0 aliphatic carbocycles. The Hall–Kier alpha value is -1.99. The number of hydrogen-bond donors (Lipinski definition) is 2. The lowest BCUT2D eigenvalue weighted by Gasteiger charge is -2.18. The van der Waals surface area contributed by atoms with Gasteiger partial charge in [0, 0.05) is 12.8 Å². The first-order valence-corrected chi connectivity index (χ1v) is 22.0. The van der Waals surface area contributed by atoms with Crippen LogP contribution in [0.25, 0.3) is 0 Å². The molecule has 0 heterocycles. The highest BCUT2D eigenvalue weighted by Gasteiger charge is 2.22. The van der Waals surface area contributed by atoms with Crippen LogP contribution >= 0.6 is 7.82 Å². The summed E-state index contributed by atoms with van der Waals surface area (Å²) in [4.78, 5) is 42.8. The Morgan fingerprint density at radius 1 is 0.510 bits per heavy atom. The zero-order chi connectivity index (χ0) is 37.5. The fourth-order valence-corrected chi connectivity index (χ4v) is 5.84. The molecule has 51 heavy (non-hydrogen) atoms. The quantitative estimate of drug-likeness (QED) is 0.0280. The van der Waals surface area contributed by atoms with Crippen LogP contribution in [0.5, 0.6) is 0 Å². The number of phosphoric acid groups is 1. The first-order chi connectivity index (χ1) is 24.8. The monoisotopic (exact) mass is 739 g/mol. The molecular weight excluding hydrogens is 663 g/mol. The third-order valence-corrected chi connectivity index (χ3v) is 9.06. The number of carbonyl (C=O) groups excluding carboxylic acids is 2. The van der Waals surface area contributed by atoms with Gasteiger partial charge in [-0.3, -0.25) is 14.1 Å². The third-order valence-electron chi connectivity index (χ3n) is 8.57. The second-order valence-electron chi connectivity index (χ2n) is 13.6. The molecule has 0 aliphatic heterocycles. The third kappa shape index (κ3) is 40.6. The van der Waals surface area contributed by atoms with Crippen molar-refractivity contribution in [1.29, 1.82) is 0 Å². The van der Waals surface area contributed by atoms with Crippen LogP contribution in [0, 0.1) is 0 Å². The Morgan fingerprint density at radius 2 is 0.902 bits per heavy atom. The molecule has 0 aromatic carbocycles. The van der Waals surface area contributed by atoms with Gasteiger partial charge in [0.05, 0.1) is 6.61 Å². The molecule has 0 radical (unpaired) electrons. The summed E-state index contributed by atoms with van der Waals surface area (Å²) in [5.74, 6) is -0.906. The van der Waals surface area contributed by atoms with Gasteiger partial charge in [0.15, 0.2) is 6.10 Å². The van der Waals surface area contributed by atoms with Crippen molar-refractivity contribution in [2.75, 3.05) is 13.2 Å². The number of allylic oxidation sites excluding steroid dienone is 8. The van der Waals surface area contributed by atoms with E-state index in [1.807, 2.05) is 0 Å². The van der Waals surface area contributed by atoms with Gasteiger partial charge >= 0.3 is 19.8 Å². The molecule has 0 unspecified atom stereocenters. The van der Waals surface area contributed by atoms with E-state index in [4.69, 9.17) is 19.3 Å². The minimum Gasteiger partial charge on any atom is -0.462 e. The lowest BCUT2D eigenvalue weighted by molar-refractivity contribution is -0.161. The maximum atomic E-state index is 12.4. The lowest BCUT2D eigenvalue weighted by atomic mass is 10.1. The summed E-state index contributed by atoms with van der Waals surface area (Å²) in [6.07, 6.45) is 45.4. The first-order valence-electron chi connectivity index (χ1n) is 20.4. The molecule has 0 spiro atoms. The number of unbranched alkanes of at least 4 members (excludes halogenated alkanes) is 19. The topological polar surface area (TPSA) is 119 Å². The van der Waals surface area contributed by atoms with Crippen LogP contribution in [0.3, 0.4) is 0 Å². The minimum absolute atomic E-state index is 0.194. The Kier molecular flexibility index (Phi) is 36.3. The Bertz CT molecular complexity index is 968. The zero-order valence-electron chi connectivity index (χ0n) is 32.5. The summed E-state index contributed by atoms with van der Waals surface area (Å²) in [6.45, 7) is 3.60. The van der Waals surface area contributed by atoms with Gasteiger partial charge in [-0.05, 0) is 70.6 Å². The Labute approximate surface area is 312 Å². The van der Waals surface area contributed by atoms with E-state index in [-0.39, 0.29) is 19.4 Å². The zero-order valence-corrected chi connectivity index (χ0v) is 33.4. The van der Waals surface area contributed by atoms with Crippen molar-refractivity contribution in [3.8, 4) is 0 Å². The van der Waals surface area contributed by atoms with Crippen molar-refractivity contribution in [1.82, 2.24) is 0 Å². The Balaban J connectivity index is 3.94. The van der Waals surface area contributed by atoms with Gasteiger partial charge < -0.3 is 19.3 Å². The summed E-state index contributed by atoms with van der Waals surface area (Å²) < 4.78 is 26.3. The molecule has 0 bridgehead atoms. The number of esters is 2. The summed E-state index contributed by atoms with van der Waals surface area (Å²) in [6, 6.07) is 0. The van der Waals surface area contributed by atoms with Crippen LogP contribution in [0.4, 0.5) is 0 Å². The van der Waals surface area contributed by atoms with E-state index in [2.05, 4.69) is 67.0 Å². The largest absolute Gasteiger partial charge is 0.469 e. The molecule has 2 N–H and O–H groups in total. The summed E-state index contributed by atoms with van der Waals surface area (Å²) in [7, 11) is -4.76. The van der Waals surface area contributed by atoms with E-state index in [9.17, 15) is 14.2 Å². The maximum Gasteiger partial charge on any atom is 0.469 e. The minimum atomic E-state index is -4.76. The summed E-state index contributed by atoms with van der Waals surface area (Å²) >= 11 is 0. The van der Waals surface area contributed by atoms with Gasteiger partial charge in [0.2, 0.25) is 0 Å². The van der Waals surface area contributed by atoms with Crippen LogP contribution < -0.4 is 0 Å². The number of rotatable bonds is 37. The molecule has 0 aliphatic rings.